The summed E-state index contributed by atoms with van der Waals surface area (Å²) in [5, 5.41) is 0.620. The number of rotatable bonds is 4. The lowest BCUT2D eigenvalue weighted by Crippen LogP contribution is -2.24. The quantitative estimate of drug-likeness (QED) is 0.760. The van der Waals surface area contributed by atoms with Crippen LogP contribution in [0.1, 0.15) is 44.9 Å². The second-order valence-corrected chi connectivity index (χ2v) is 6.51. The summed E-state index contributed by atoms with van der Waals surface area (Å²) in [5.41, 5.74) is 2.14. The van der Waals surface area contributed by atoms with Crippen molar-refractivity contribution in [3.63, 3.8) is 0 Å². The molecule has 0 bridgehead atoms. The van der Waals surface area contributed by atoms with Crippen LogP contribution in [-0.4, -0.2) is 14.5 Å². The Labute approximate surface area is 129 Å². The van der Waals surface area contributed by atoms with Gasteiger partial charge in [-0.25, -0.2) is 9.97 Å². The first kappa shape index (κ1) is 14.2. The highest BCUT2D eigenvalue weighted by Crippen LogP contribution is 2.43. The summed E-state index contributed by atoms with van der Waals surface area (Å²) >= 11 is 12.1. The zero-order valence-electron chi connectivity index (χ0n) is 11.7. The minimum Gasteiger partial charge on any atom is -0.311 e. The van der Waals surface area contributed by atoms with E-state index in [4.69, 9.17) is 23.2 Å². The minimum absolute atomic E-state index is 0.385. The van der Waals surface area contributed by atoms with Crippen LogP contribution in [-0.2, 0) is 12.4 Å². The van der Waals surface area contributed by atoms with Crippen molar-refractivity contribution in [3.8, 4) is 0 Å². The maximum Gasteiger partial charge on any atom is 0.160 e. The topological polar surface area (TPSA) is 30.7 Å². The Balaban J connectivity index is 2.05. The second kappa shape index (κ2) is 5.53. The standard InChI is InChI=1S/C15H19Cl2N3/c1-2-15(5-3-4-6-15)10-20-13(8-16)19-12-7-11(17)9-18-14(12)20/h7,9H,2-6,8,10H2,1H3. The number of alkyl halides is 1. The summed E-state index contributed by atoms with van der Waals surface area (Å²) in [6.07, 6.45) is 8.12. The van der Waals surface area contributed by atoms with Gasteiger partial charge < -0.3 is 4.57 Å². The fraction of sp³-hybridized carbons (Fsp3) is 0.600. The Bertz CT molecular complexity index is 615. The molecule has 20 heavy (non-hydrogen) atoms. The molecule has 0 N–H and O–H groups in total. The lowest BCUT2D eigenvalue weighted by molar-refractivity contribution is 0.238. The van der Waals surface area contributed by atoms with Crippen LogP contribution in [0.15, 0.2) is 12.3 Å². The Kier molecular flexibility index (Phi) is 3.91. The molecule has 1 fully saturated rings. The third kappa shape index (κ3) is 2.42. The maximum atomic E-state index is 6.07. The van der Waals surface area contributed by atoms with E-state index in [1.807, 2.05) is 6.07 Å². The van der Waals surface area contributed by atoms with E-state index in [0.717, 1.165) is 23.5 Å². The van der Waals surface area contributed by atoms with E-state index in [9.17, 15) is 0 Å². The van der Waals surface area contributed by atoms with Crippen molar-refractivity contribution in [2.24, 2.45) is 5.41 Å². The molecule has 108 valence electrons. The normalized spacial score (nSPS) is 17.9. The van der Waals surface area contributed by atoms with Crippen molar-refractivity contribution in [1.82, 2.24) is 14.5 Å². The predicted molar refractivity (Wildman–Crippen MR) is 83.3 cm³/mol. The van der Waals surface area contributed by atoms with Crippen molar-refractivity contribution in [3.05, 3.63) is 23.1 Å². The number of pyridine rings is 1. The highest BCUT2D eigenvalue weighted by atomic mass is 35.5. The Morgan fingerprint density at radius 2 is 2.10 bits per heavy atom. The van der Waals surface area contributed by atoms with E-state index >= 15 is 0 Å². The maximum absolute atomic E-state index is 6.07. The fourth-order valence-corrected chi connectivity index (χ4v) is 3.74. The van der Waals surface area contributed by atoms with Crippen molar-refractivity contribution < 1.29 is 0 Å². The molecule has 0 aromatic carbocycles. The largest absolute Gasteiger partial charge is 0.311 e. The summed E-state index contributed by atoms with van der Waals surface area (Å²) in [7, 11) is 0. The van der Waals surface area contributed by atoms with Crippen LogP contribution in [0.2, 0.25) is 5.02 Å². The number of hydrogen-bond acceptors (Lipinski definition) is 2. The third-order valence-corrected chi connectivity index (χ3v) is 5.10. The summed E-state index contributed by atoms with van der Waals surface area (Å²) < 4.78 is 2.20. The lowest BCUT2D eigenvalue weighted by atomic mass is 9.83. The van der Waals surface area contributed by atoms with E-state index in [1.165, 1.54) is 32.1 Å². The van der Waals surface area contributed by atoms with E-state index in [2.05, 4.69) is 21.5 Å². The average Bonchev–Trinajstić information content (AvgIpc) is 3.04. The summed E-state index contributed by atoms with van der Waals surface area (Å²) in [5.74, 6) is 1.31. The monoisotopic (exact) mass is 311 g/mol. The molecular weight excluding hydrogens is 293 g/mol. The van der Waals surface area contributed by atoms with Crippen molar-refractivity contribution in [2.75, 3.05) is 0 Å². The molecule has 5 heteroatoms. The van der Waals surface area contributed by atoms with E-state index in [1.54, 1.807) is 6.20 Å². The smallest absolute Gasteiger partial charge is 0.160 e. The number of aromatic nitrogens is 3. The van der Waals surface area contributed by atoms with Gasteiger partial charge in [-0.2, -0.15) is 0 Å². The van der Waals surface area contributed by atoms with Crippen molar-refractivity contribution in [1.29, 1.82) is 0 Å². The number of nitrogens with zero attached hydrogens (tertiary/aromatic N) is 3. The van der Waals surface area contributed by atoms with Crippen LogP contribution in [0.3, 0.4) is 0 Å². The van der Waals surface area contributed by atoms with Crippen molar-refractivity contribution >= 4 is 34.4 Å². The van der Waals surface area contributed by atoms with Gasteiger partial charge in [-0.3, -0.25) is 0 Å². The van der Waals surface area contributed by atoms with E-state index < -0.39 is 0 Å². The summed E-state index contributed by atoms with van der Waals surface area (Å²) in [6.45, 7) is 3.26. The fourth-order valence-electron chi connectivity index (χ4n) is 3.39. The van der Waals surface area contributed by atoms with Gasteiger partial charge in [0.25, 0.3) is 0 Å². The van der Waals surface area contributed by atoms with Gasteiger partial charge in [-0.1, -0.05) is 31.4 Å². The molecule has 0 atom stereocenters. The Hall–Kier alpha value is -0.800. The number of fused-ring (bicyclic) bond motifs is 1. The molecule has 3 rings (SSSR count). The molecule has 0 amide bonds. The van der Waals surface area contributed by atoms with Crippen LogP contribution < -0.4 is 0 Å². The average molecular weight is 312 g/mol. The van der Waals surface area contributed by atoms with Gasteiger partial charge in [0.2, 0.25) is 0 Å². The van der Waals surface area contributed by atoms with Gasteiger partial charge in [0.1, 0.15) is 11.3 Å². The minimum atomic E-state index is 0.385. The molecule has 0 saturated heterocycles. The van der Waals surface area contributed by atoms with Gasteiger partial charge in [0.15, 0.2) is 5.65 Å². The first-order chi connectivity index (χ1) is 9.67. The zero-order valence-corrected chi connectivity index (χ0v) is 13.2. The van der Waals surface area contributed by atoms with Crippen molar-refractivity contribution in [2.45, 2.75) is 51.5 Å². The van der Waals surface area contributed by atoms with Gasteiger partial charge in [-0.05, 0) is 30.7 Å². The van der Waals surface area contributed by atoms with Gasteiger partial charge >= 0.3 is 0 Å². The SMILES string of the molecule is CCC1(Cn2c(CCl)nc3cc(Cl)cnc32)CCCC1. The number of halogens is 2. The van der Waals surface area contributed by atoms with Crippen LogP contribution in [0.4, 0.5) is 0 Å². The molecule has 0 radical (unpaired) electrons. The predicted octanol–water partition coefficient (Wildman–Crippen LogP) is 4.79. The molecule has 2 aromatic rings. The van der Waals surface area contributed by atoms with Gasteiger partial charge in [-0.15, -0.1) is 11.6 Å². The molecule has 0 aliphatic heterocycles. The Morgan fingerprint density at radius 3 is 2.75 bits per heavy atom. The van der Waals surface area contributed by atoms with Crippen LogP contribution in [0.5, 0.6) is 0 Å². The molecule has 0 spiro atoms. The van der Waals surface area contributed by atoms with Crippen LogP contribution in [0.25, 0.3) is 11.2 Å². The molecule has 1 aliphatic rings. The molecule has 1 saturated carbocycles. The number of imidazole rings is 1. The zero-order chi connectivity index (χ0) is 14.2. The lowest BCUT2D eigenvalue weighted by Gasteiger charge is -2.28. The van der Waals surface area contributed by atoms with E-state index in [-0.39, 0.29) is 0 Å². The highest BCUT2D eigenvalue weighted by Gasteiger charge is 2.33. The molecule has 2 aromatic heterocycles. The highest BCUT2D eigenvalue weighted by molar-refractivity contribution is 6.31. The van der Waals surface area contributed by atoms with Crippen LogP contribution >= 0.6 is 23.2 Å². The van der Waals surface area contributed by atoms with Crippen LogP contribution in [0, 0.1) is 5.41 Å². The first-order valence-corrected chi connectivity index (χ1v) is 8.15. The Morgan fingerprint density at radius 1 is 1.35 bits per heavy atom. The summed E-state index contributed by atoms with van der Waals surface area (Å²) in [6, 6.07) is 1.86. The molecule has 0 unspecified atom stereocenters. The van der Waals surface area contributed by atoms with Gasteiger partial charge in [0, 0.05) is 12.7 Å². The molecule has 1 aliphatic carbocycles. The molecule has 2 heterocycles. The summed E-state index contributed by atoms with van der Waals surface area (Å²) in [4.78, 5) is 9.05. The number of hydrogen-bond donors (Lipinski definition) is 0. The first-order valence-electron chi connectivity index (χ1n) is 7.24. The van der Waals surface area contributed by atoms with E-state index in [0.29, 0.717) is 16.3 Å². The van der Waals surface area contributed by atoms with Gasteiger partial charge in [0.05, 0.1) is 10.9 Å². The molecular formula is C15H19Cl2N3. The third-order valence-electron chi connectivity index (χ3n) is 4.66. The second-order valence-electron chi connectivity index (χ2n) is 5.80. The molecule has 3 nitrogen and oxygen atoms in total.